The van der Waals surface area contributed by atoms with Gasteiger partial charge in [-0.1, -0.05) is 140 Å². The van der Waals surface area contributed by atoms with Crippen LogP contribution in [0.25, 0.3) is 89.2 Å². The van der Waals surface area contributed by atoms with E-state index in [0.717, 1.165) is 50.0 Å². The van der Waals surface area contributed by atoms with Crippen LogP contribution in [0.5, 0.6) is 0 Å². The Morgan fingerprint density at radius 1 is 0.327 bits per heavy atom. The Morgan fingerprint density at radius 2 is 0.755 bits per heavy atom. The summed E-state index contributed by atoms with van der Waals surface area (Å²) >= 11 is 0. The molecule has 0 aliphatic heterocycles. The summed E-state index contributed by atoms with van der Waals surface area (Å²) in [5.74, 6) is 0.676. The molecule has 3 nitrogen and oxygen atoms in total. The number of para-hydroxylation sites is 1. The fraction of sp³-hybridized carbons (Fsp3) is 0. The van der Waals surface area contributed by atoms with Crippen molar-refractivity contribution >= 4 is 22.1 Å². The van der Waals surface area contributed by atoms with Crippen LogP contribution in [0.15, 0.2) is 186 Å². The molecular formula is C46H30N2O. The third kappa shape index (κ3) is 5.48. The molecule has 0 fully saturated rings. The molecule has 2 heterocycles. The molecule has 49 heavy (non-hydrogen) atoms. The van der Waals surface area contributed by atoms with Crippen molar-refractivity contribution in [3.63, 3.8) is 0 Å². The van der Waals surface area contributed by atoms with Crippen LogP contribution >= 0.6 is 0 Å². The molecule has 0 unspecified atom stereocenters. The van der Waals surface area contributed by atoms with Crippen molar-refractivity contribution in [1.82, 2.24) is 9.97 Å². The van der Waals surface area contributed by atoms with Crippen LogP contribution in [0.4, 0.5) is 0 Å². The summed E-state index contributed by atoms with van der Waals surface area (Å²) in [5.41, 5.74) is 14.4. The number of rotatable bonds is 6. The van der Waals surface area contributed by atoms with E-state index in [1.54, 1.807) is 0 Å². The number of fused-ring (bicyclic) bond motifs is 3. The molecule has 0 radical (unpaired) electrons. The summed E-state index contributed by atoms with van der Waals surface area (Å²) in [6.45, 7) is 0. The maximum absolute atomic E-state index is 6.42. The topological polar surface area (TPSA) is 38.9 Å². The van der Waals surface area contributed by atoms with Gasteiger partial charge in [-0.2, -0.15) is 0 Å². The van der Waals surface area contributed by atoms with Crippen LogP contribution in [-0.4, -0.2) is 9.97 Å². The highest BCUT2D eigenvalue weighted by Gasteiger charge is 2.18. The quantitative estimate of drug-likeness (QED) is 0.184. The highest BCUT2D eigenvalue weighted by molar-refractivity contribution is 6.07. The standard InChI is InChI=1S/C46H30N2O/c1-4-14-31(15-5-1)38-28-39(32-16-6-2-7-17-32)30-40(29-38)36-22-12-20-34(26-36)35-21-13-23-37(27-35)43-45-44(41-24-10-11-25-42(41)49-45)48-46(47-43)33-18-8-3-9-19-33/h1-30H. The molecule has 7 aromatic carbocycles. The predicted molar refractivity (Wildman–Crippen MR) is 202 cm³/mol. The molecule has 9 aromatic rings. The first kappa shape index (κ1) is 28.6. The monoisotopic (exact) mass is 626 g/mol. The number of furan rings is 1. The first-order valence-corrected chi connectivity index (χ1v) is 16.5. The van der Waals surface area contributed by atoms with E-state index in [4.69, 9.17) is 14.4 Å². The van der Waals surface area contributed by atoms with Crippen LogP contribution in [0, 0.1) is 0 Å². The SMILES string of the molecule is c1ccc(-c2cc(-c3ccccc3)cc(-c3cccc(-c4cccc(-c5nc(-c6ccccc6)nc6c5oc5ccccc56)c4)c3)c2)cc1. The van der Waals surface area contributed by atoms with E-state index < -0.39 is 0 Å². The van der Waals surface area contributed by atoms with E-state index in [-0.39, 0.29) is 0 Å². The van der Waals surface area contributed by atoms with Crippen molar-refractivity contribution in [2.45, 2.75) is 0 Å². The van der Waals surface area contributed by atoms with Crippen molar-refractivity contribution in [3.05, 3.63) is 182 Å². The van der Waals surface area contributed by atoms with Crippen LogP contribution < -0.4 is 0 Å². The highest BCUT2D eigenvalue weighted by atomic mass is 16.3. The molecule has 0 aliphatic carbocycles. The van der Waals surface area contributed by atoms with Gasteiger partial charge >= 0.3 is 0 Å². The number of aromatic nitrogens is 2. The van der Waals surface area contributed by atoms with Crippen molar-refractivity contribution in [2.75, 3.05) is 0 Å². The molecule has 0 atom stereocenters. The van der Waals surface area contributed by atoms with Crippen molar-refractivity contribution in [2.24, 2.45) is 0 Å². The predicted octanol–water partition coefficient (Wildman–Crippen LogP) is 12.4. The fourth-order valence-electron chi connectivity index (χ4n) is 6.62. The first-order chi connectivity index (χ1) is 24.3. The van der Waals surface area contributed by atoms with E-state index in [0.29, 0.717) is 11.4 Å². The number of benzene rings is 7. The average Bonchev–Trinajstić information content (AvgIpc) is 3.57. The van der Waals surface area contributed by atoms with Gasteiger partial charge in [0.1, 0.15) is 16.8 Å². The second-order valence-electron chi connectivity index (χ2n) is 12.2. The second-order valence-corrected chi connectivity index (χ2v) is 12.2. The van der Waals surface area contributed by atoms with E-state index in [1.165, 1.54) is 27.8 Å². The smallest absolute Gasteiger partial charge is 0.180 e. The molecular weight excluding hydrogens is 597 g/mol. The minimum Gasteiger partial charge on any atom is -0.452 e. The van der Waals surface area contributed by atoms with Gasteiger partial charge in [0.15, 0.2) is 11.4 Å². The molecule has 2 aromatic heterocycles. The summed E-state index contributed by atoms with van der Waals surface area (Å²) in [6.07, 6.45) is 0. The zero-order valence-electron chi connectivity index (χ0n) is 26.6. The Morgan fingerprint density at radius 3 is 1.37 bits per heavy atom. The molecule has 3 heteroatoms. The van der Waals surface area contributed by atoms with Gasteiger partial charge in [-0.25, -0.2) is 9.97 Å². The van der Waals surface area contributed by atoms with Gasteiger partial charge in [0.2, 0.25) is 0 Å². The third-order valence-corrected chi connectivity index (χ3v) is 9.06. The van der Waals surface area contributed by atoms with Gasteiger partial charge in [-0.3, -0.25) is 0 Å². The minimum atomic E-state index is 0.676. The normalized spacial score (nSPS) is 11.3. The van der Waals surface area contributed by atoms with Gasteiger partial charge in [0, 0.05) is 16.5 Å². The van der Waals surface area contributed by atoms with Crippen molar-refractivity contribution in [3.8, 4) is 67.2 Å². The maximum atomic E-state index is 6.42. The summed E-state index contributed by atoms with van der Waals surface area (Å²) < 4.78 is 6.42. The minimum absolute atomic E-state index is 0.676. The van der Waals surface area contributed by atoms with Gasteiger partial charge < -0.3 is 4.42 Å². The number of nitrogens with zero attached hydrogens (tertiary/aromatic N) is 2. The lowest BCUT2D eigenvalue weighted by atomic mass is 9.92. The fourth-order valence-corrected chi connectivity index (χ4v) is 6.62. The molecule has 0 N–H and O–H groups in total. The largest absolute Gasteiger partial charge is 0.452 e. The molecule has 0 bridgehead atoms. The molecule has 9 rings (SSSR count). The Kier molecular flexibility index (Phi) is 7.14. The van der Waals surface area contributed by atoms with E-state index in [1.807, 2.05) is 48.5 Å². The Balaban J connectivity index is 1.17. The summed E-state index contributed by atoms with van der Waals surface area (Å²) in [4.78, 5) is 10.1. The Hall–Kier alpha value is -6.58. The molecule has 0 saturated heterocycles. The molecule has 0 aliphatic rings. The number of hydrogen-bond acceptors (Lipinski definition) is 3. The first-order valence-electron chi connectivity index (χ1n) is 16.5. The number of hydrogen-bond donors (Lipinski definition) is 0. The van der Waals surface area contributed by atoms with Gasteiger partial charge in [0.25, 0.3) is 0 Å². The third-order valence-electron chi connectivity index (χ3n) is 9.06. The van der Waals surface area contributed by atoms with E-state index in [9.17, 15) is 0 Å². The van der Waals surface area contributed by atoms with Crippen molar-refractivity contribution in [1.29, 1.82) is 0 Å². The summed E-state index contributed by atoms with van der Waals surface area (Å²) in [5, 5.41) is 0.981. The lowest BCUT2D eigenvalue weighted by molar-refractivity contribution is 0.667. The molecule has 230 valence electrons. The van der Waals surface area contributed by atoms with E-state index in [2.05, 4.69) is 133 Å². The Labute approximate surface area is 284 Å². The van der Waals surface area contributed by atoms with Crippen LogP contribution in [-0.2, 0) is 0 Å². The maximum Gasteiger partial charge on any atom is 0.180 e. The van der Waals surface area contributed by atoms with Crippen LogP contribution in [0.2, 0.25) is 0 Å². The lowest BCUT2D eigenvalue weighted by Gasteiger charge is -2.13. The van der Waals surface area contributed by atoms with Gasteiger partial charge in [-0.15, -0.1) is 0 Å². The van der Waals surface area contributed by atoms with Crippen LogP contribution in [0.3, 0.4) is 0 Å². The average molecular weight is 627 g/mol. The van der Waals surface area contributed by atoms with Gasteiger partial charge in [0.05, 0.1) is 0 Å². The zero-order chi connectivity index (χ0) is 32.6. The molecule has 0 saturated carbocycles. The van der Waals surface area contributed by atoms with Gasteiger partial charge in [-0.05, 0) is 87.0 Å². The zero-order valence-corrected chi connectivity index (χ0v) is 26.6. The highest BCUT2D eigenvalue weighted by Crippen LogP contribution is 2.38. The Bertz CT molecular complexity index is 2530. The van der Waals surface area contributed by atoms with E-state index >= 15 is 0 Å². The van der Waals surface area contributed by atoms with Crippen molar-refractivity contribution < 1.29 is 4.42 Å². The molecule has 0 amide bonds. The summed E-state index contributed by atoms with van der Waals surface area (Å²) in [6, 6.07) is 63.6. The molecule has 0 spiro atoms. The second kappa shape index (κ2) is 12.2. The summed E-state index contributed by atoms with van der Waals surface area (Å²) in [7, 11) is 0. The van der Waals surface area contributed by atoms with Crippen LogP contribution in [0.1, 0.15) is 0 Å². The lowest BCUT2D eigenvalue weighted by Crippen LogP contribution is -1.94.